The van der Waals surface area contributed by atoms with Gasteiger partial charge in [-0.15, -0.1) is 0 Å². The molecule has 1 heterocycles. The number of nitrogens with zero attached hydrogens (tertiary/aromatic N) is 1. The second-order valence-electron chi connectivity index (χ2n) is 6.66. The number of likely N-dealkylation sites (tertiary alicyclic amines) is 1. The highest BCUT2D eigenvalue weighted by Gasteiger charge is 2.38. The van der Waals surface area contributed by atoms with Crippen LogP contribution in [0.25, 0.3) is 0 Å². The van der Waals surface area contributed by atoms with Crippen LogP contribution >= 0.6 is 0 Å². The molecule has 4 heteroatoms. The average molecular weight is 303 g/mol. The van der Waals surface area contributed by atoms with Gasteiger partial charge in [-0.3, -0.25) is 4.79 Å². The van der Waals surface area contributed by atoms with Gasteiger partial charge in [0.2, 0.25) is 0 Å². The van der Waals surface area contributed by atoms with E-state index in [2.05, 4.69) is 30.1 Å². The van der Waals surface area contributed by atoms with Crippen LogP contribution in [-0.2, 0) is 22.4 Å². The van der Waals surface area contributed by atoms with E-state index in [-0.39, 0.29) is 5.97 Å². The molecule has 0 aromatic heterocycles. The number of benzene rings is 1. The standard InChI is InChI=1S/C18H25NO3/c1-19-11-12(8-18(20)22-3)7-14-9-15-13(10-16(14)19)5-4-6-17(15)21-2/h4-6,12,14,16H,7-11H2,1-3H3/t12-,14+,16+/m0/s1. The summed E-state index contributed by atoms with van der Waals surface area (Å²) in [5, 5.41) is 0. The molecule has 2 aliphatic rings. The summed E-state index contributed by atoms with van der Waals surface area (Å²) in [6, 6.07) is 6.94. The van der Waals surface area contributed by atoms with E-state index in [0.717, 1.165) is 31.6 Å². The lowest BCUT2D eigenvalue weighted by atomic mass is 9.72. The Morgan fingerprint density at radius 2 is 2.14 bits per heavy atom. The fourth-order valence-electron chi connectivity index (χ4n) is 4.28. The SMILES string of the molecule is COC(=O)C[C@@H]1C[C@@H]2Cc3c(cccc3OC)C[C@H]2N(C)C1. The van der Waals surface area contributed by atoms with Crippen LogP contribution in [-0.4, -0.2) is 44.7 Å². The molecule has 22 heavy (non-hydrogen) atoms. The molecule has 0 bridgehead atoms. The van der Waals surface area contributed by atoms with Crippen LogP contribution in [0.15, 0.2) is 18.2 Å². The van der Waals surface area contributed by atoms with Gasteiger partial charge < -0.3 is 14.4 Å². The lowest BCUT2D eigenvalue weighted by molar-refractivity contribution is -0.142. The zero-order valence-corrected chi connectivity index (χ0v) is 13.7. The maximum absolute atomic E-state index is 11.6. The zero-order chi connectivity index (χ0) is 15.7. The summed E-state index contributed by atoms with van der Waals surface area (Å²) in [7, 11) is 5.40. The highest BCUT2D eigenvalue weighted by Crippen LogP contribution is 2.40. The van der Waals surface area contributed by atoms with Crippen molar-refractivity contribution in [2.45, 2.75) is 31.7 Å². The average Bonchev–Trinajstić information content (AvgIpc) is 2.52. The lowest BCUT2D eigenvalue weighted by Gasteiger charge is -2.46. The molecule has 3 rings (SSSR count). The minimum atomic E-state index is -0.0920. The quantitative estimate of drug-likeness (QED) is 0.803. The highest BCUT2D eigenvalue weighted by atomic mass is 16.5. The van der Waals surface area contributed by atoms with Crippen LogP contribution in [0.4, 0.5) is 0 Å². The minimum absolute atomic E-state index is 0.0920. The van der Waals surface area contributed by atoms with Crippen molar-refractivity contribution in [2.75, 3.05) is 27.8 Å². The number of carbonyl (C=O) groups is 1. The number of carbonyl (C=O) groups excluding carboxylic acids is 1. The van der Waals surface area contributed by atoms with E-state index in [1.165, 1.54) is 18.2 Å². The van der Waals surface area contributed by atoms with Gasteiger partial charge in [-0.25, -0.2) is 0 Å². The first-order valence-corrected chi connectivity index (χ1v) is 8.04. The van der Waals surface area contributed by atoms with Crippen LogP contribution in [0.3, 0.4) is 0 Å². The molecule has 1 aromatic rings. The Labute approximate surface area is 132 Å². The van der Waals surface area contributed by atoms with Gasteiger partial charge in [-0.2, -0.15) is 0 Å². The molecule has 0 spiro atoms. The second-order valence-corrected chi connectivity index (χ2v) is 6.66. The van der Waals surface area contributed by atoms with E-state index in [9.17, 15) is 4.79 Å². The summed E-state index contributed by atoms with van der Waals surface area (Å²) in [4.78, 5) is 14.0. The molecular formula is C18H25NO3. The van der Waals surface area contributed by atoms with Gasteiger partial charge in [0.25, 0.3) is 0 Å². The van der Waals surface area contributed by atoms with Crippen LogP contribution in [0.5, 0.6) is 5.75 Å². The smallest absolute Gasteiger partial charge is 0.305 e. The highest BCUT2D eigenvalue weighted by molar-refractivity contribution is 5.69. The van der Waals surface area contributed by atoms with Crippen LogP contribution in [0.1, 0.15) is 24.0 Å². The van der Waals surface area contributed by atoms with Crippen molar-refractivity contribution in [3.63, 3.8) is 0 Å². The van der Waals surface area contributed by atoms with E-state index in [1.807, 2.05) is 0 Å². The van der Waals surface area contributed by atoms with Gasteiger partial charge >= 0.3 is 5.97 Å². The number of rotatable bonds is 3. The number of methoxy groups -OCH3 is 2. The summed E-state index contributed by atoms with van der Waals surface area (Å²) in [6.07, 6.45) is 3.76. The summed E-state index contributed by atoms with van der Waals surface area (Å²) >= 11 is 0. The first kappa shape index (κ1) is 15.3. The van der Waals surface area contributed by atoms with Crippen LogP contribution in [0.2, 0.25) is 0 Å². The summed E-state index contributed by atoms with van der Waals surface area (Å²) < 4.78 is 10.4. The normalized spacial score (nSPS) is 27.7. The molecule has 0 radical (unpaired) electrons. The van der Waals surface area contributed by atoms with E-state index in [0.29, 0.717) is 24.3 Å². The van der Waals surface area contributed by atoms with Gasteiger partial charge in [-0.1, -0.05) is 12.1 Å². The molecule has 0 N–H and O–H groups in total. The fourth-order valence-corrected chi connectivity index (χ4v) is 4.28. The fraction of sp³-hybridized carbons (Fsp3) is 0.611. The number of hydrogen-bond donors (Lipinski definition) is 0. The molecule has 0 unspecified atom stereocenters. The van der Waals surface area contributed by atoms with Crippen molar-refractivity contribution in [1.29, 1.82) is 0 Å². The minimum Gasteiger partial charge on any atom is -0.496 e. The number of fused-ring (bicyclic) bond motifs is 2. The van der Waals surface area contributed by atoms with E-state index >= 15 is 0 Å². The molecular weight excluding hydrogens is 278 g/mol. The number of hydrogen-bond acceptors (Lipinski definition) is 4. The molecule has 1 saturated heterocycles. The van der Waals surface area contributed by atoms with Gasteiger partial charge in [0.05, 0.1) is 14.2 Å². The first-order valence-electron chi connectivity index (χ1n) is 8.04. The predicted molar refractivity (Wildman–Crippen MR) is 85.1 cm³/mol. The number of likely N-dealkylation sites (N-methyl/N-ethyl adjacent to an activating group) is 1. The maximum atomic E-state index is 11.6. The maximum Gasteiger partial charge on any atom is 0.305 e. The van der Waals surface area contributed by atoms with Crippen LogP contribution in [0, 0.1) is 11.8 Å². The third-order valence-electron chi connectivity index (χ3n) is 5.32. The molecule has 1 aliphatic heterocycles. The van der Waals surface area contributed by atoms with Gasteiger partial charge in [0, 0.05) is 19.0 Å². The Morgan fingerprint density at radius 1 is 1.32 bits per heavy atom. The molecule has 120 valence electrons. The third kappa shape index (κ3) is 2.84. The topological polar surface area (TPSA) is 38.8 Å². The molecule has 4 nitrogen and oxygen atoms in total. The Morgan fingerprint density at radius 3 is 2.86 bits per heavy atom. The van der Waals surface area contributed by atoms with Crippen molar-refractivity contribution in [1.82, 2.24) is 4.90 Å². The van der Waals surface area contributed by atoms with Crippen LogP contribution < -0.4 is 4.74 Å². The van der Waals surface area contributed by atoms with Crippen molar-refractivity contribution < 1.29 is 14.3 Å². The van der Waals surface area contributed by atoms with E-state index in [1.54, 1.807) is 7.11 Å². The summed E-state index contributed by atoms with van der Waals surface area (Å²) in [5.74, 6) is 1.91. The van der Waals surface area contributed by atoms with Crippen molar-refractivity contribution in [2.24, 2.45) is 11.8 Å². The Balaban J connectivity index is 1.79. The Hall–Kier alpha value is -1.55. The molecule has 1 fully saturated rings. The Kier molecular flexibility index (Phi) is 4.39. The predicted octanol–water partition coefficient (Wildman–Crippen LogP) is 2.29. The molecule has 0 amide bonds. The zero-order valence-electron chi connectivity index (χ0n) is 13.7. The van der Waals surface area contributed by atoms with Gasteiger partial charge in [0.15, 0.2) is 0 Å². The summed E-state index contributed by atoms with van der Waals surface area (Å²) in [6.45, 7) is 0.982. The van der Waals surface area contributed by atoms with Gasteiger partial charge in [-0.05, 0) is 55.3 Å². The molecule has 1 aromatic carbocycles. The molecule has 0 saturated carbocycles. The number of esters is 1. The van der Waals surface area contributed by atoms with Crippen molar-refractivity contribution in [3.05, 3.63) is 29.3 Å². The van der Waals surface area contributed by atoms with E-state index < -0.39 is 0 Å². The van der Waals surface area contributed by atoms with Gasteiger partial charge in [0.1, 0.15) is 5.75 Å². The Bertz CT molecular complexity index is 557. The second kappa shape index (κ2) is 6.29. The summed E-state index contributed by atoms with van der Waals surface area (Å²) in [5.41, 5.74) is 2.78. The van der Waals surface area contributed by atoms with E-state index in [4.69, 9.17) is 9.47 Å². The largest absolute Gasteiger partial charge is 0.496 e. The number of ether oxygens (including phenoxy) is 2. The van der Waals surface area contributed by atoms with Crippen molar-refractivity contribution >= 4 is 5.97 Å². The lowest BCUT2D eigenvalue weighted by Crippen LogP contribution is -2.50. The van der Waals surface area contributed by atoms with Crippen molar-refractivity contribution in [3.8, 4) is 5.75 Å². The molecule has 1 aliphatic carbocycles. The number of piperidine rings is 1. The first-order chi connectivity index (χ1) is 10.6. The third-order valence-corrected chi connectivity index (χ3v) is 5.32. The monoisotopic (exact) mass is 303 g/mol. The molecule has 3 atom stereocenters.